The third-order valence-corrected chi connectivity index (χ3v) is 3.18. The van der Waals surface area contributed by atoms with Crippen molar-refractivity contribution >= 4 is 20.4 Å². The maximum atomic E-state index is 11.6. The van der Waals surface area contributed by atoms with Gasteiger partial charge in [-0.1, -0.05) is 30.3 Å². The minimum atomic E-state index is -2.03. The van der Waals surface area contributed by atoms with E-state index in [0.29, 0.717) is 0 Å². The monoisotopic (exact) mass is 314 g/mol. The topological polar surface area (TPSA) is 108 Å². The highest BCUT2D eigenvalue weighted by Crippen LogP contribution is 2.20. The molecular weight excluding hydrogens is 295 g/mol. The summed E-state index contributed by atoms with van der Waals surface area (Å²) in [5.41, 5.74) is 0.851. The van der Waals surface area contributed by atoms with Gasteiger partial charge in [-0.3, -0.25) is 4.79 Å². The predicted octanol–water partition coefficient (Wildman–Crippen LogP) is 0.714. The molecule has 1 aromatic rings. The van der Waals surface area contributed by atoms with Gasteiger partial charge in [0.05, 0.1) is 0 Å². The first-order chi connectivity index (χ1) is 9.99. The van der Waals surface area contributed by atoms with Crippen LogP contribution >= 0.6 is 8.38 Å². The zero-order valence-electron chi connectivity index (χ0n) is 11.7. The van der Waals surface area contributed by atoms with E-state index in [1.165, 1.54) is 6.92 Å². The molecule has 1 rings (SSSR count). The molecule has 8 heteroatoms. The maximum absolute atomic E-state index is 11.6. The number of alkyl carbamates (subject to hydrolysis) is 1. The van der Waals surface area contributed by atoms with Crippen LogP contribution in [0.4, 0.5) is 4.79 Å². The summed E-state index contributed by atoms with van der Waals surface area (Å²) in [6, 6.07) is 8.42. The van der Waals surface area contributed by atoms with Gasteiger partial charge in [0.25, 0.3) is 0 Å². The van der Waals surface area contributed by atoms with Crippen LogP contribution in [0.3, 0.4) is 0 Å². The summed E-state index contributed by atoms with van der Waals surface area (Å²) < 4.78 is 4.98. The molecule has 0 aromatic heterocycles. The molecule has 2 amide bonds. The van der Waals surface area contributed by atoms with E-state index in [0.717, 1.165) is 5.56 Å². The van der Waals surface area contributed by atoms with Gasteiger partial charge in [0.1, 0.15) is 12.6 Å². The zero-order chi connectivity index (χ0) is 15.7. The Morgan fingerprint density at radius 1 is 1.29 bits per heavy atom. The average Bonchev–Trinajstić information content (AvgIpc) is 2.45. The number of hydrogen-bond acceptors (Lipinski definition) is 5. The molecule has 116 valence electrons. The molecule has 0 saturated heterocycles. The van der Waals surface area contributed by atoms with Crippen LogP contribution in [0.1, 0.15) is 12.5 Å². The van der Waals surface area contributed by atoms with Gasteiger partial charge in [-0.15, -0.1) is 0 Å². The Labute approximate surface area is 124 Å². The molecule has 0 heterocycles. The fraction of sp³-hybridized carbons (Fsp3) is 0.385. The van der Waals surface area contributed by atoms with Crippen molar-refractivity contribution in [3.63, 3.8) is 0 Å². The highest BCUT2D eigenvalue weighted by atomic mass is 31.2. The van der Waals surface area contributed by atoms with Crippen molar-refractivity contribution in [2.45, 2.75) is 19.6 Å². The number of rotatable bonds is 7. The number of ether oxygens (including phenoxy) is 1. The Balaban J connectivity index is 2.25. The lowest BCUT2D eigenvalue weighted by Gasteiger charge is -2.14. The van der Waals surface area contributed by atoms with Gasteiger partial charge in [0.15, 0.2) is 8.38 Å². The molecule has 1 aromatic carbocycles. The van der Waals surface area contributed by atoms with Crippen molar-refractivity contribution in [2.75, 3.05) is 12.7 Å². The van der Waals surface area contributed by atoms with E-state index in [-0.39, 0.29) is 19.3 Å². The molecule has 7 nitrogen and oxygen atoms in total. The third kappa shape index (κ3) is 7.60. The fourth-order valence-electron chi connectivity index (χ4n) is 1.44. The molecule has 1 atom stereocenters. The van der Waals surface area contributed by atoms with Gasteiger partial charge in [-0.25, -0.2) is 4.79 Å². The number of hydrogen-bond donors (Lipinski definition) is 4. The number of nitrogens with one attached hydrogen (secondary N) is 2. The second-order valence-electron chi connectivity index (χ2n) is 4.31. The molecule has 21 heavy (non-hydrogen) atoms. The summed E-state index contributed by atoms with van der Waals surface area (Å²) in [5, 5.41) is 4.88. The van der Waals surface area contributed by atoms with Crippen molar-refractivity contribution in [2.24, 2.45) is 0 Å². The van der Waals surface area contributed by atoms with Crippen molar-refractivity contribution in [3.05, 3.63) is 35.9 Å². The Hall–Kier alpha value is -1.69. The zero-order valence-corrected chi connectivity index (χ0v) is 12.5. The van der Waals surface area contributed by atoms with Crippen LogP contribution in [-0.4, -0.2) is 40.5 Å². The molecule has 0 aliphatic heterocycles. The Morgan fingerprint density at radius 3 is 2.57 bits per heavy atom. The van der Waals surface area contributed by atoms with Crippen LogP contribution in [0.2, 0.25) is 0 Å². The second-order valence-corrected chi connectivity index (χ2v) is 5.51. The lowest BCUT2D eigenvalue weighted by molar-refractivity contribution is -0.122. The Bertz CT molecular complexity index is 455. The van der Waals surface area contributed by atoms with E-state index in [1.807, 2.05) is 30.3 Å². The first-order valence-electron chi connectivity index (χ1n) is 6.39. The van der Waals surface area contributed by atoms with Crippen LogP contribution in [0.5, 0.6) is 0 Å². The first kappa shape index (κ1) is 17.4. The van der Waals surface area contributed by atoms with E-state index >= 15 is 0 Å². The van der Waals surface area contributed by atoms with Crippen molar-refractivity contribution in [3.8, 4) is 0 Å². The summed E-state index contributed by atoms with van der Waals surface area (Å²) in [7, 11) is -2.03. The molecule has 0 fully saturated rings. The van der Waals surface area contributed by atoms with E-state index < -0.39 is 26.4 Å². The number of carbonyl (C=O) groups excluding carboxylic acids is 2. The van der Waals surface area contributed by atoms with E-state index in [4.69, 9.17) is 14.5 Å². The van der Waals surface area contributed by atoms with Crippen LogP contribution in [0.25, 0.3) is 0 Å². The summed E-state index contributed by atoms with van der Waals surface area (Å²) in [6.07, 6.45) is -0.597. The molecule has 0 aliphatic rings. The molecule has 4 N–H and O–H groups in total. The molecule has 0 aliphatic carbocycles. The molecular formula is C13H19N2O5P. The molecule has 0 radical (unpaired) electrons. The number of benzene rings is 1. The van der Waals surface area contributed by atoms with E-state index in [1.54, 1.807) is 0 Å². The normalized spacial score (nSPS) is 11.8. The van der Waals surface area contributed by atoms with Crippen molar-refractivity contribution in [1.82, 2.24) is 10.6 Å². The largest absolute Gasteiger partial charge is 0.445 e. The number of amides is 2. The summed E-state index contributed by atoms with van der Waals surface area (Å²) >= 11 is 0. The van der Waals surface area contributed by atoms with Crippen LogP contribution in [-0.2, 0) is 16.1 Å². The molecule has 0 saturated carbocycles. The number of carbonyl (C=O) groups is 2. The second kappa shape index (κ2) is 9.28. The smallest absolute Gasteiger partial charge is 0.408 e. The lowest BCUT2D eigenvalue weighted by Crippen LogP contribution is -2.45. The average molecular weight is 314 g/mol. The summed E-state index contributed by atoms with van der Waals surface area (Å²) in [5.74, 6) is -0.413. The van der Waals surface area contributed by atoms with Gasteiger partial charge < -0.3 is 25.2 Å². The maximum Gasteiger partial charge on any atom is 0.408 e. The van der Waals surface area contributed by atoms with Crippen LogP contribution < -0.4 is 10.6 Å². The van der Waals surface area contributed by atoms with Crippen LogP contribution in [0, 0.1) is 0 Å². The molecule has 0 unspecified atom stereocenters. The van der Waals surface area contributed by atoms with Gasteiger partial charge in [0, 0.05) is 12.7 Å². The summed E-state index contributed by atoms with van der Waals surface area (Å²) in [6.45, 7) is 1.78. The SMILES string of the molecule is C[C@@H](NC(=O)OCc1ccccc1)C(=O)NCCP(O)O. The van der Waals surface area contributed by atoms with Crippen molar-refractivity contribution in [1.29, 1.82) is 0 Å². The minimum Gasteiger partial charge on any atom is -0.445 e. The van der Waals surface area contributed by atoms with E-state index in [2.05, 4.69) is 10.6 Å². The molecule has 0 spiro atoms. The predicted molar refractivity (Wildman–Crippen MR) is 78.5 cm³/mol. The highest BCUT2D eigenvalue weighted by molar-refractivity contribution is 7.45. The van der Waals surface area contributed by atoms with Crippen LogP contribution in [0.15, 0.2) is 30.3 Å². The standard InChI is InChI=1S/C13H19N2O5P/c1-10(12(16)14-7-8-21(18)19)15-13(17)20-9-11-5-3-2-4-6-11/h2-6,10,18-19H,7-9H2,1H3,(H,14,16)(H,15,17)/t10-/m1/s1. The first-order valence-corrected chi connectivity index (χ1v) is 7.82. The van der Waals surface area contributed by atoms with Gasteiger partial charge in [-0.05, 0) is 12.5 Å². The van der Waals surface area contributed by atoms with Gasteiger partial charge in [0.2, 0.25) is 5.91 Å². The quantitative estimate of drug-likeness (QED) is 0.555. The minimum absolute atomic E-state index is 0.0895. The van der Waals surface area contributed by atoms with Gasteiger partial charge in [-0.2, -0.15) is 0 Å². The summed E-state index contributed by atoms with van der Waals surface area (Å²) in [4.78, 5) is 40.5. The molecule has 0 bridgehead atoms. The Kier molecular flexibility index (Phi) is 7.68. The van der Waals surface area contributed by atoms with Gasteiger partial charge >= 0.3 is 6.09 Å². The third-order valence-electron chi connectivity index (χ3n) is 2.55. The lowest BCUT2D eigenvalue weighted by atomic mass is 10.2. The van der Waals surface area contributed by atoms with E-state index in [9.17, 15) is 9.59 Å². The Morgan fingerprint density at radius 2 is 1.95 bits per heavy atom. The fourth-order valence-corrected chi connectivity index (χ4v) is 1.75. The van der Waals surface area contributed by atoms with Crippen molar-refractivity contribution < 1.29 is 24.1 Å². The highest BCUT2D eigenvalue weighted by Gasteiger charge is 2.16.